The van der Waals surface area contributed by atoms with Crippen LogP contribution in [0.1, 0.15) is 66.8 Å². The van der Waals surface area contributed by atoms with Crippen LogP contribution in [-0.2, 0) is 77.0 Å². The molecule has 0 amide bonds. The van der Waals surface area contributed by atoms with Crippen molar-refractivity contribution >= 4 is 0 Å². The van der Waals surface area contributed by atoms with Crippen LogP contribution in [0.4, 0.5) is 0 Å². The lowest BCUT2D eigenvalue weighted by atomic mass is 9.65. The highest BCUT2D eigenvalue weighted by Crippen LogP contribution is 2.46. The summed E-state index contributed by atoms with van der Waals surface area (Å²) in [6, 6.07) is 0. The second kappa shape index (κ2) is 4.15. The highest BCUT2D eigenvalue weighted by Gasteiger charge is 2.35. The molecule has 0 nitrogen and oxygen atoms in total. The summed E-state index contributed by atoms with van der Waals surface area (Å²) in [6.07, 6.45) is 16.0. The zero-order valence-electron chi connectivity index (χ0n) is 14.5. The molecule has 8 rings (SSSR count). The number of benzene rings is 2. The largest absolute Gasteiger partial charge is 0.0407 e. The Balaban J connectivity index is 1.79. The van der Waals surface area contributed by atoms with E-state index in [0.717, 1.165) is 0 Å². The Kier molecular flexibility index (Phi) is 2.21. The minimum atomic E-state index is 1.34. The van der Waals surface area contributed by atoms with Crippen molar-refractivity contribution in [3.8, 4) is 0 Å². The molecule has 0 aliphatic heterocycles. The quantitative estimate of drug-likeness (QED) is 0.690. The number of hydrogen-bond donors (Lipinski definition) is 0. The molecule has 0 atom stereocenters. The Morgan fingerprint density at radius 1 is 0.167 bits per heavy atom. The summed E-state index contributed by atoms with van der Waals surface area (Å²) < 4.78 is 0. The van der Waals surface area contributed by atoms with E-state index >= 15 is 0 Å². The van der Waals surface area contributed by atoms with Gasteiger partial charge in [-0.15, -0.1) is 0 Å². The van der Waals surface area contributed by atoms with Crippen molar-refractivity contribution in [1.29, 1.82) is 0 Å². The van der Waals surface area contributed by atoms with Crippen LogP contribution < -0.4 is 0 Å². The van der Waals surface area contributed by atoms with Gasteiger partial charge in [-0.25, -0.2) is 0 Å². The van der Waals surface area contributed by atoms with Gasteiger partial charge >= 0.3 is 0 Å². The first-order valence-corrected chi connectivity index (χ1v) is 10.2. The van der Waals surface area contributed by atoms with Crippen molar-refractivity contribution in [2.24, 2.45) is 0 Å². The minimum absolute atomic E-state index is 1.34. The number of fused-ring (bicyclic) bond motifs is 6. The van der Waals surface area contributed by atoms with E-state index in [1.165, 1.54) is 77.0 Å². The van der Waals surface area contributed by atoms with Crippen LogP contribution in [0.2, 0.25) is 0 Å². The predicted octanol–water partition coefficient (Wildman–Crippen LogP) is 3.96. The van der Waals surface area contributed by atoms with Crippen LogP contribution in [0.15, 0.2) is 0 Å². The summed E-state index contributed by atoms with van der Waals surface area (Å²) in [4.78, 5) is 0. The third kappa shape index (κ3) is 1.32. The number of hydrogen-bond acceptors (Lipinski definition) is 0. The Hall–Kier alpha value is -1.56. The molecule has 0 saturated heterocycles. The Labute approximate surface area is 144 Å². The van der Waals surface area contributed by atoms with Crippen molar-refractivity contribution < 1.29 is 0 Å². The van der Waals surface area contributed by atoms with Gasteiger partial charge in [0.15, 0.2) is 0 Å². The molecule has 12 bridgehead atoms. The third-order valence-corrected chi connectivity index (χ3v) is 8.12. The molecule has 0 heteroatoms. The van der Waals surface area contributed by atoms with Gasteiger partial charge in [0.25, 0.3) is 0 Å². The maximum Gasteiger partial charge on any atom is -0.0232 e. The minimum Gasteiger partial charge on any atom is -0.0407 e. The SMILES string of the molecule is C1Cc2c3c4c5c6c2CCc2c1c(c(c(c2CC6)CC5)CC4)CC3. The van der Waals surface area contributed by atoms with Crippen LogP contribution >= 0.6 is 0 Å². The average Bonchev–Trinajstić information content (AvgIpc) is 2.46. The van der Waals surface area contributed by atoms with E-state index in [1.54, 1.807) is 0 Å². The predicted molar refractivity (Wildman–Crippen MR) is 97.3 cm³/mol. The van der Waals surface area contributed by atoms with Gasteiger partial charge in [-0.2, -0.15) is 0 Å². The molecule has 0 heterocycles. The van der Waals surface area contributed by atoms with E-state index < -0.39 is 0 Å². The number of rotatable bonds is 0. The van der Waals surface area contributed by atoms with E-state index in [4.69, 9.17) is 0 Å². The second-order valence-corrected chi connectivity index (χ2v) is 8.74. The van der Waals surface area contributed by atoms with Crippen LogP contribution in [0.25, 0.3) is 0 Å². The first kappa shape index (κ1) is 12.8. The fraction of sp³-hybridized carbons (Fsp3) is 0.500. The summed E-state index contributed by atoms with van der Waals surface area (Å²) in [7, 11) is 0. The van der Waals surface area contributed by atoms with E-state index in [2.05, 4.69) is 0 Å². The van der Waals surface area contributed by atoms with Crippen LogP contribution in [0.5, 0.6) is 0 Å². The highest BCUT2D eigenvalue weighted by molar-refractivity contribution is 5.63. The first-order chi connectivity index (χ1) is 11.9. The molecule has 0 aromatic heterocycles. The van der Waals surface area contributed by atoms with Crippen LogP contribution in [0.3, 0.4) is 0 Å². The van der Waals surface area contributed by atoms with Crippen molar-refractivity contribution in [3.05, 3.63) is 66.8 Å². The molecule has 6 aliphatic rings. The third-order valence-electron chi connectivity index (χ3n) is 8.12. The molecule has 0 radical (unpaired) electrons. The van der Waals surface area contributed by atoms with Gasteiger partial charge in [0, 0.05) is 0 Å². The highest BCUT2D eigenvalue weighted by atomic mass is 14.4. The van der Waals surface area contributed by atoms with E-state index in [1.807, 2.05) is 66.8 Å². The maximum absolute atomic E-state index is 1.83. The molecule has 2 aromatic rings. The van der Waals surface area contributed by atoms with Crippen LogP contribution in [0, 0.1) is 0 Å². The lowest BCUT2D eigenvalue weighted by Crippen LogP contribution is -2.30. The van der Waals surface area contributed by atoms with Gasteiger partial charge < -0.3 is 0 Å². The smallest absolute Gasteiger partial charge is 0.0232 e. The zero-order chi connectivity index (χ0) is 15.4. The molecule has 2 aromatic carbocycles. The van der Waals surface area contributed by atoms with Crippen LogP contribution in [-0.4, -0.2) is 0 Å². The molecule has 0 saturated carbocycles. The fourth-order valence-corrected chi connectivity index (χ4v) is 7.31. The normalized spacial score (nSPS) is 21.0. The Morgan fingerprint density at radius 2 is 0.250 bits per heavy atom. The molecule has 0 fully saturated rings. The standard InChI is InChI=1S/C24H24/c1-2-14-17-5-3-15-13(1)16-4-6-18(14)22-10-8-20(16)23-11-12-24(22)21(17)9-7-19(15)23/h1-12H2. The van der Waals surface area contributed by atoms with Crippen molar-refractivity contribution in [3.63, 3.8) is 0 Å². The molecular weight excluding hydrogens is 288 g/mol. The molecule has 0 spiro atoms. The zero-order valence-corrected chi connectivity index (χ0v) is 14.5. The summed E-state index contributed by atoms with van der Waals surface area (Å²) in [5.74, 6) is 0. The summed E-state index contributed by atoms with van der Waals surface area (Å²) >= 11 is 0. The van der Waals surface area contributed by atoms with Gasteiger partial charge in [-0.1, -0.05) is 0 Å². The lowest BCUT2D eigenvalue weighted by molar-refractivity contribution is 0.665. The van der Waals surface area contributed by atoms with Gasteiger partial charge in [-0.05, 0) is 144 Å². The second-order valence-electron chi connectivity index (χ2n) is 8.74. The lowest BCUT2D eigenvalue weighted by Gasteiger charge is -2.40. The summed E-state index contributed by atoms with van der Waals surface area (Å²) in [5, 5.41) is 0. The first-order valence-electron chi connectivity index (χ1n) is 10.2. The molecular formula is C24H24. The summed E-state index contributed by atoms with van der Waals surface area (Å²) in [6.45, 7) is 0. The van der Waals surface area contributed by atoms with Gasteiger partial charge in [-0.3, -0.25) is 0 Å². The van der Waals surface area contributed by atoms with Crippen molar-refractivity contribution in [1.82, 2.24) is 0 Å². The van der Waals surface area contributed by atoms with Gasteiger partial charge in [0.2, 0.25) is 0 Å². The van der Waals surface area contributed by atoms with E-state index in [9.17, 15) is 0 Å². The van der Waals surface area contributed by atoms with Crippen molar-refractivity contribution in [2.45, 2.75) is 77.0 Å². The van der Waals surface area contributed by atoms with E-state index in [0.29, 0.717) is 0 Å². The monoisotopic (exact) mass is 312 g/mol. The molecule has 0 unspecified atom stereocenters. The molecule has 24 heavy (non-hydrogen) atoms. The molecule has 120 valence electrons. The maximum atomic E-state index is 1.83. The summed E-state index contributed by atoms with van der Waals surface area (Å²) in [5.41, 5.74) is 22.0. The topological polar surface area (TPSA) is 0 Å². The fourth-order valence-electron chi connectivity index (χ4n) is 7.31. The Bertz CT molecular complexity index is 636. The Morgan fingerprint density at radius 3 is 0.333 bits per heavy atom. The van der Waals surface area contributed by atoms with Gasteiger partial charge in [0.1, 0.15) is 0 Å². The molecule has 0 N–H and O–H groups in total. The van der Waals surface area contributed by atoms with Crippen molar-refractivity contribution in [2.75, 3.05) is 0 Å². The molecule has 6 aliphatic carbocycles. The van der Waals surface area contributed by atoms with E-state index in [-0.39, 0.29) is 0 Å². The van der Waals surface area contributed by atoms with Gasteiger partial charge in [0.05, 0.1) is 0 Å². The average molecular weight is 312 g/mol.